The molecule has 1 aromatic rings. The Bertz CT molecular complexity index is 393. The molecule has 0 atom stereocenters. The molecule has 1 rings (SSSR count). The van der Waals surface area contributed by atoms with Crippen molar-refractivity contribution in [3.8, 4) is 0 Å². The third kappa shape index (κ3) is 2.19. The zero-order valence-corrected chi connectivity index (χ0v) is 7.73. The molecule has 0 saturated carbocycles. The van der Waals surface area contributed by atoms with Crippen molar-refractivity contribution in [3.05, 3.63) is 34.9 Å². The van der Waals surface area contributed by atoms with Crippen molar-refractivity contribution in [2.75, 3.05) is 0 Å². The maximum Gasteiger partial charge on any atom is 0.336 e. The van der Waals surface area contributed by atoms with Crippen molar-refractivity contribution in [2.45, 2.75) is 6.42 Å². The van der Waals surface area contributed by atoms with Crippen molar-refractivity contribution in [1.29, 1.82) is 5.41 Å². The normalized spacial score (nSPS) is 9.60. The lowest BCUT2D eigenvalue weighted by atomic mass is 9.98. The SMILES string of the molecule is N=CCc1c(C(=O)O)cccc1C(=O)O. The van der Waals surface area contributed by atoms with Crippen LogP contribution in [-0.4, -0.2) is 28.4 Å². The lowest BCUT2D eigenvalue weighted by molar-refractivity contribution is 0.0696. The molecule has 0 heterocycles. The van der Waals surface area contributed by atoms with Gasteiger partial charge < -0.3 is 15.6 Å². The van der Waals surface area contributed by atoms with E-state index in [1.807, 2.05) is 0 Å². The highest BCUT2D eigenvalue weighted by Gasteiger charge is 2.16. The topological polar surface area (TPSA) is 98.5 Å². The predicted molar refractivity (Wildman–Crippen MR) is 52.8 cm³/mol. The summed E-state index contributed by atoms with van der Waals surface area (Å²) in [7, 11) is 0. The number of rotatable bonds is 4. The summed E-state index contributed by atoms with van der Waals surface area (Å²) in [6, 6.07) is 4.03. The second-order valence-corrected chi connectivity index (χ2v) is 2.85. The van der Waals surface area contributed by atoms with Gasteiger partial charge in [-0.3, -0.25) is 0 Å². The van der Waals surface area contributed by atoms with E-state index in [0.29, 0.717) is 0 Å². The molecule has 0 amide bonds. The van der Waals surface area contributed by atoms with Gasteiger partial charge in [-0.15, -0.1) is 0 Å². The van der Waals surface area contributed by atoms with E-state index < -0.39 is 11.9 Å². The van der Waals surface area contributed by atoms with Crippen molar-refractivity contribution < 1.29 is 19.8 Å². The molecular formula is C10H9NO4. The first-order valence-electron chi connectivity index (χ1n) is 4.15. The molecule has 0 unspecified atom stereocenters. The van der Waals surface area contributed by atoms with Crippen LogP contribution < -0.4 is 0 Å². The van der Waals surface area contributed by atoms with Crippen LogP contribution in [0.2, 0.25) is 0 Å². The number of aromatic carboxylic acids is 2. The van der Waals surface area contributed by atoms with Crippen molar-refractivity contribution in [2.24, 2.45) is 0 Å². The molecule has 15 heavy (non-hydrogen) atoms. The van der Waals surface area contributed by atoms with E-state index in [-0.39, 0.29) is 23.1 Å². The fourth-order valence-corrected chi connectivity index (χ4v) is 1.31. The maximum atomic E-state index is 10.8. The Morgan fingerprint density at radius 1 is 1.20 bits per heavy atom. The Kier molecular flexibility index (Phi) is 3.17. The van der Waals surface area contributed by atoms with Crippen LogP contribution in [-0.2, 0) is 6.42 Å². The van der Waals surface area contributed by atoms with Gasteiger partial charge >= 0.3 is 11.9 Å². The Balaban J connectivity index is 3.40. The number of nitrogens with one attached hydrogen (secondary N) is 1. The van der Waals surface area contributed by atoms with Crippen molar-refractivity contribution >= 4 is 18.2 Å². The first kappa shape index (κ1) is 10.9. The third-order valence-corrected chi connectivity index (χ3v) is 1.94. The molecule has 0 saturated heterocycles. The first-order valence-corrected chi connectivity index (χ1v) is 4.15. The molecule has 1 aromatic carbocycles. The summed E-state index contributed by atoms with van der Waals surface area (Å²) in [6.45, 7) is 0. The van der Waals surface area contributed by atoms with Gasteiger partial charge in [0, 0.05) is 6.42 Å². The highest BCUT2D eigenvalue weighted by atomic mass is 16.4. The monoisotopic (exact) mass is 207 g/mol. The highest BCUT2D eigenvalue weighted by Crippen LogP contribution is 2.15. The fraction of sp³-hybridized carbons (Fsp3) is 0.100. The summed E-state index contributed by atoms with van der Waals surface area (Å²) in [5.41, 5.74) is 0.0179. The van der Waals surface area contributed by atoms with Gasteiger partial charge in [0.2, 0.25) is 0 Å². The van der Waals surface area contributed by atoms with E-state index >= 15 is 0 Å². The smallest absolute Gasteiger partial charge is 0.336 e. The van der Waals surface area contributed by atoms with Crippen LogP contribution in [0.4, 0.5) is 0 Å². The Morgan fingerprint density at radius 2 is 1.67 bits per heavy atom. The van der Waals surface area contributed by atoms with Gasteiger partial charge in [0.05, 0.1) is 11.1 Å². The molecule has 0 aliphatic carbocycles. The summed E-state index contributed by atoms with van der Waals surface area (Å²) in [4.78, 5) is 21.6. The van der Waals surface area contributed by atoms with Gasteiger partial charge in [-0.25, -0.2) is 9.59 Å². The third-order valence-electron chi connectivity index (χ3n) is 1.94. The van der Waals surface area contributed by atoms with Crippen LogP contribution in [0.3, 0.4) is 0 Å². The lowest BCUT2D eigenvalue weighted by Crippen LogP contribution is -2.10. The quantitative estimate of drug-likeness (QED) is 0.647. The summed E-state index contributed by atoms with van der Waals surface area (Å²) in [5, 5.41) is 24.6. The van der Waals surface area contributed by atoms with Crippen LogP contribution in [0.15, 0.2) is 18.2 Å². The zero-order valence-electron chi connectivity index (χ0n) is 7.73. The molecule has 0 aromatic heterocycles. The zero-order chi connectivity index (χ0) is 11.4. The number of hydrogen-bond acceptors (Lipinski definition) is 3. The van der Waals surface area contributed by atoms with E-state index in [1.165, 1.54) is 18.2 Å². The molecular weight excluding hydrogens is 198 g/mol. The molecule has 0 radical (unpaired) electrons. The number of benzene rings is 1. The molecule has 0 aliphatic heterocycles. The summed E-state index contributed by atoms with van der Waals surface area (Å²) in [6.07, 6.45) is 0.984. The second-order valence-electron chi connectivity index (χ2n) is 2.85. The van der Waals surface area contributed by atoms with Gasteiger partial charge in [0.1, 0.15) is 0 Å². The van der Waals surface area contributed by atoms with E-state index in [0.717, 1.165) is 6.21 Å². The minimum Gasteiger partial charge on any atom is -0.478 e. The number of carbonyl (C=O) groups is 2. The fourth-order valence-electron chi connectivity index (χ4n) is 1.31. The van der Waals surface area contributed by atoms with Gasteiger partial charge in [-0.05, 0) is 23.9 Å². The molecule has 0 bridgehead atoms. The summed E-state index contributed by atoms with van der Waals surface area (Å²) < 4.78 is 0. The predicted octanol–water partition coefficient (Wildman–Crippen LogP) is 1.28. The van der Waals surface area contributed by atoms with Crippen molar-refractivity contribution in [3.63, 3.8) is 0 Å². The van der Waals surface area contributed by atoms with Crippen LogP contribution in [0.25, 0.3) is 0 Å². The van der Waals surface area contributed by atoms with Gasteiger partial charge in [-0.2, -0.15) is 0 Å². The van der Waals surface area contributed by atoms with Crippen LogP contribution in [0.1, 0.15) is 26.3 Å². The summed E-state index contributed by atoms with van der Waals surface area (Å²) >= 11 is 0. The maximum absolute atomic E-state index is 10.8. The first-order chi connectivity index (χ1) is 7.07. The van der Waals surface area contributed by atoms with E-state index in [4.69, 9.17) is 15.6 Å². The van der Waals surface area contributed by atoms with Crippen LogP contribution in [0, 0.1) is 5.41 Å². The minimum atomic E-state index is -1.19. The lowest BCUT2D eigenvalue weighted by Gasteiger charge is -2.06. The largest absolute Gasteiger partial charge is 0.478 e. The van der Waals surface area contributed by atoms with E-state index in [1.54, 1.807) is 0 Å². The number of hydrogen-bond donors (Lipinski definition) is 3. The van der Waals surface area contributed by atoms with Crippen LogP contribution >= 0.6 is 0 Å². The molecule has 78 valence electrons. The van der Waals surface area contributed by atoms with E-state index in [9.17, 15) is 9.59 Å². The molecule has 3 N–H and O–H groups in total. The van der Waals surface area contributed by atoms with Crippen LogP contribution in [0.5, 0.6) is 0 Å². The number of carboxylic acids is 2. The standard InChI is InChI=1S/C10H9NO4/c11-5-4-6-7(9(12)13)2-1-3-8(6)10(14)15/h1-3,5,11H,4H2,(H,12,13)(H,14,15). The Morgan fingerprint density at radius 3 is 2.00 bits per heavy atom. The average molecular weight is 207 g/mol. The highest BCUT2D eigenvalue weighted by molar-refractivity contribution is 5.97. The van der Waals surface area contributed by atoms with Gasteiger partial charge in [0.15, 0.2) is 0 Å². The Labute approximate surface area is 85.5 Å². The average Bonchev–Trinajstić information content (AvgIpc) is 2.17. The number of carboxylic acid groups (broad SMARTS) is 2. The van der Waals surface area contributed by atoms with Gasteiger partial charge in [0.25, 0.3) is 0 Å². The molecule has 0 spiro atoms. The molecule has 0 fully saturated rings. The second kappa shape index (κ2) is 4.36. The molecule has 0 aliphatic rings. The summed E-state index contributed by atoms with van der Waals surface area (Å²) in [5.74, 6) is -2.37. The van der Waals surface area contributed by atoms with Gasteiger partial charge in [-0.1, -0.05) is 6.07 Å². The van der Waals surface area contributed by atoms with E-state index in [2.05, 4.69) is 0 Å². The molecule has 5 heteroatoms. The molecule has 5 nitrogen and oxygen atoms in total. The van der Waals surface area contributed by atoms with Crippen molar-refractivity contribution in [1.82, 2.24) is 0 Å². The minimum absolute atomic E-state index is 0.00407. The Hall–Kier alpha value is -2.17.